The van der Waals surface area contributed by atoms with Crippen molar-refractivity contribution >= 4 is 27.5 Å². The molecule has 1 heterocycles. The van der Waals surface area contributed by atoms with Gasteiger partial charge in [0.2, 0.25) is 5.91 Å². The van der Waals surface area contributed by atoms with Gasteiger partial charge in [0.25, 0.3) is 0 Å². The van der Waals surface area contributed by atoms with Gasteiger partial charge in [0.05, 0.1) is 17.2 Å². The van der Waals surface area contributed by atoms with Gasteiger partial charge in [-0.15, -0.1) is 0 Å². The lowest BCUT2D eigenvalue weighted by Gasteiger charge is -2.39. The summed E-state index contributed by atoms with van der Waals surface area (Å²) in [5, 5.41) is 9.25. The number of benzene rings is 1. The van der Waals surface area contributed by atoms with Crippen LogP contribution in [0.3, 0.4) is 0 Å². The first kappa shape index (κ1) is 13.9. The number of hydrogen-bond acceptors (Lipinski definition) is 3. The molecule has 0 saturated carbocycles. The Morgan fingerprint density at radius 1 is 1.53 bits per heavy atom. The van der Waals surface area contributed by atoms with E-state index in [4.69, 9.17) is 5.73 Å². The maximum atomic E-state index is 11.4. The van der Waals surface area contributed by atoms with E-state index in [0.29, 0.717) is 18.2 Å². The summed E-state index contributed by atoms with van der Waals surface area (Å²) in [4.78, 5) is 13.5. The number of anilines is 1. The van der Waals surface area contributed by atoms with Crippen molar-refractivity contribution in [3.8, 4) is 6.07 Å². The van der Waals surface area contributed by atoms with Crippen LogP contribution in [-0.4, -0.2) is 18.5 Å². The number of halogens is 1. The first-order valence-corrected chi connectivity index (χ1v) is 7.08. The number of hydrogen-bond donors (Lipinski definition) is 1. The van der Waals surface area contributed by atoms with E-state index in [1.807, 2.05) is 12.1 Å². The Bertz CT molecular complexity index is 538. The maximum Gasteiger partial charge on any atom is 0.222 e. The van der Waals surface area contributed by atoms with Gasteiger partial charge in [-0.25, -0.2) is 0 Å². The Morgan fingerprint density at radius 3 is 2.89 bits per heavy atom. The van der Waals surface area contributed by atoms with E-state index >= 15 is 0 Å². The molecule has 4 nitrogen and oxygen atoms in total. The number of nitriles is 1. The van der Waals surface area contributed by atoms with Crippen LogP contribution in [0.5, 0.6) is 0 Å². The van der Waals surface area contributed by atoms with E-state index in [1.165, 1.54) is 0 Å². The molecule has 19 heavy (non-hydrogen) atoms. The van der Waals surface area contributed by atoms with Gasteiger partial charge in [-0.2, -0.15) is 5.26 Å². The highest BCUT2D eigenvalue weighted by Gasteiger charge is 2.29. The van der Waals surface area contributed by atoms with Gasteiger partial charge in [-0.3, -0.25) is 4.79 Å². The fourth-order valence-electron chi connectivity index (χ4n) is 2.52. The number of nitrogens with two attached hydrogens (primary N) is 1. The van der Waals surface area contributed by atoms with Crippen molar-refractivity contribution in [1.82, 2.24) is 0 Å². The Kier molecular flexibility index (Phi) is 4.11. The van der Waals surface area contributed by atoms with Gasteiger partial charge in [-0.1, -0.05) is 15.9 Å². The highest BCUT2D eigenvalue weighted by molar-refractivity contribution is 9.10. The van der Waals surface area contributed by atoms with Crippen molar-refractivity contribution in [2.45, 2.75) is 25.8 Å². The normalized spacial score (nSPS) is 22.9. The second-order valence-electron chi connectivity index (χ2n) is 4.95. The highest BCUT2D eigenvalue weighted by Crippen LogP contribution is 2.31. The number of rotatable bonds is 2. The molecule has 1 aromatic rings. The second kappa shape index (κ2) is 5.62. The van der Waals surface area contributed by atoms with Crippen molar-refractivity contribution in [1.29, 1.82) is 5.26 Å². The van der Waals surface area contributed by atoms with E-state index in [1.54, 1.807) is 6.07 Å². The summed E-state index contributed by atoms with van der Waals surface area (Å²) in [6.07, 6.45) is 1.74. The van der Waals surface area contributed by atoms with Crippen LogP contribution in [0.2, 0.25) is 0 Å². The molecule has 2 unspecified atom stereocenters. The third-order valence-electron chi connectivity index (χ3n) is 3.67. The second-order valence-corrected chi connectivity index (χ2v) is 5.87. The first-order valence-electron chi connectivity index (χ1n) is 6.28. The van der Waals surface area contributed by atoms with Gasteiger partial charge in [0.1, 0.15) is 6.07 Å². The number of carbonyl (C=O) groups excluding carboxylic acids is 1. The minimum Gasteiger partial charge on any atom is -0.369 e. The maximum absolute atomic E-state index is 11.4. The lowest BCUT2D eigenvalue weighted by atomic mass is 9.92. The predicted octanol–water partition coefficient (Wildman–Crippen LogP) is 2.41. The Balaban J connectivity index is 2.34. The van der Waals surface area contributed by atoms with Crippen LogP contribution in [0.15, 0.2) is 22.7 Å². The first-order chi connectivity index (χ1) is 9.02. The topological polar surface area (TPSA) is 70.1 Å². The zero-order chi connectivity index (χ0) is 14.0. The molecule has 1 aliphatic heterocycles. The average molecular weight is 322 g/mol. The molecule has 2 N–H and O–H groups in total. The standard InChI is InChI=1S/C14H16BrN3O/c1-9-2-3-10(14(17)19)8-18(9)13-5-4-12(15)6-11(13)7-16/h4-6,9-10H,2-3,8H2,1H3,(H2,17,19). The Morgan fingerprint density at radius 2 is 2.26 bits per heavy atom. The lowest BCUT2D eigenvalue weighted by molar-refractivity contribution is -0.122. The number of nitrogens with zero attached hydrogens (tertiary/aromatic N) is 2. The zero-order valence-corrected chi connectivity index (χ0v) is 12.4. The minimum atomic E-state index is -0.257. The molecular formula is C14H16BrN3O. The van der Waals surface area contributed by atoms with Crippen molar-refractivity contribution in [2.24, 2.45) is 11.7 Å². The average Bonchev–Trinajstić information content (AvgIpc) is 2.39. The fourth-order valence-corrected chi connectivity index (χ4v) is 2.88. The van der Waals surface area contributed by atoms with Crippen LogP contribution in [0.25, 0.3) is 0 Å². The summed E-state index contributed by atoms with van der Waals surface area (Å²) >= 11 is 3.37. The summed E-state index contributed by atoms with van der Waals surface area (Å²) in [6, 6.07) is 8.15. The predicted molar refractivity (Wildman–Crippen MR) is 77.6 cm³/mol. The SMILES string of the molecule is CC1CCC(C(N)=O)CN1c1ccc(Br)cc1C#N. The van der Waals surface area contributed by atoms with Crippen molar-refractivity contribution in [3.63, 3.8) is 0 Å². The monoisotopic (exact) mass is 321 g/mol. The molecule has 1 fully saturated rings. The summed E-state index contributed by atoms with van der Waals surface area (Å²) in [7, 11) is 0. The fraction of sp³-hybridized carbons (Fsp3) is 0.429. The lowest BCUT2D eigenvalue weighted by Crippen LogP contribution is -2.46. The van der Waals surface area contributed by atoms with Gasteiger partial charge >= 0.3 is 0 Å². The smallest absolute Gasteiger partial charge is 0.222 e. The Labute approximate surface area is 121 Å². The third-order valence-corrected chi connectivity index (χ3v) is 4.17. The molecule has 0 aromatic heterocycles. The van der Waals surface area contributed by atoms with E-state index in [2.05, 4.69) is 33.8 Å². The molecule has 0 bridgehead atoms. The van der Waals surface area contributed by atoms with Crippen molar-refractivity contribution in [3.05, 3.63) is 28.2 Å². The molecule has 1 amide bonds. The van der Waals surface area contributed by atoms with Crippen LogP contribution in [0.4, 0.5) is 5.69 Å². The van der Waals surface area contributed by atoms with Crippen LogP contribution in [-0.2, 0) is 4.79 Å². The largest absolute Gasteiger partial charge is 0.369 e. The summed E-state index contributed by atoms with van der Waals surface area (Å²) < 4.78 is 0.879. The third kappa shape index (κ3) is 2.90. The minimum absolute atomic E-state index is 0.133. The quantitative estimate of drug-likeness (QED) is 0.909. The molecule has 2 rings (SSSR count). The molecule has 0 spiro atoms. The van der Waals surface area contributed by atoms with E-state index < -0.39 is 0 Å². The van der Waals surface area contributed by atoms with Crippen LogP contribution >= 0.6 is 15.9 Å². The highest BCUT2D eigenvalue weighted by atomic mass is 79.9. The molecule has 1 saturated heterocycles. The van der Waals surface area contributed by atoms with Crippen molar-refractivity contribution < 1.29 is 4.79 Å². The summed E-state index contributed by atoms with van der Waals surface area (Å²) in [5.41, 5.74) is 6.91. The van der Waals surface area contributed by atoms with Gasteiger partial charge < -0.3 is 10.6 Å². The van der Waals surface area contributed by atoms with Gasteiger partial charge in [0.15, 0.2) is 0 Å². The number of carbonyl (C=O) groups is 1. The van der Waals surface area contributed by atoms with E-state index in [-0.39, 0.29) is 11.8 Å². The summed E-state index contributed by atoms with van der Waals surface area (Å²) in [6.45, 7) is 2.70. The molecule has 1 aromatic carbocycles. The van der Waals surface area contributed by atoms with Gasteiger partial charge in [-0.05, 0) is 38.0 Å². The Hall–Kier alpha value is -1.54. The van der Waals surface area contributed by atoms with Crippen LogP contribution < -0.4 is 10.6 Å². The van der Waals surface area contributed by atoms with E-state index in [0.717, 1.165) is 23.0 Å². The van der Waals surface area contributed by atoms with Crippen LogP contribution in [0.1, 0.15) is 25.3 Å². The number of piperidine rings is 1. The molecular weight excluding hydrogens is 306 g/mol. The molecule has 5 heteroatoms. The number of primary amides is 1. The van der Waals surface area contributed by atoms with E-state index in [9.17, 15) is 10.1 Å². The van der Waals surface area contributed by atoms with Crippen molar-refractivity contribution in [2.75, 3.05) is 11.4 Å². The molecule has 0 aliphatic carbocycles. The summed E-state index contributed by atoms with van der Waals surface area (Å²) in [5.74, 6) is -0.390. The molecule has 100 valence electrons. The van der Waals surface area contributed by atoms with Gasteiger partial charge in [0, 0.05) is 17.1 Å². The zero-order valence-electron chi connectivity index (χ0n) is 10.8. The molecule has 0 radical (unpaired) electrons. The molecule has 1 aliphatic rings. The van der Waals surface area contributed by atoms with Crippen LogP contribution in [0, 0.1) is 17.2 Å². The number of amides is 1. The molecule has 2 atom stereocenters.